The van der Waals surface area contributed by atoms with Crippen molar-refractivity contribution in [2.45, 2.75) is 63.5 Å². The molecule has 2 saturated carbocycles. The molecule has 144 valence electrons. The summed E-state index contributed by atoms with van der Waals surface area (Å²) in [6, 6.07) is 2.20. The van der Waals surface area contributed by atoms with Crippen LogP contribution >= 0.6 is 0 Å². The van der Waals surface area contributed by atoms with Gasteiger partial charge in [0.25, 0.3) is 11.5 Å². The third kappa shape index (κ3) is 3.50. The SMILES string of the molecule is CN(C)Cc1ccn2c(=O)c(C(=O)NC3CCCC3)cnc2c1C1CCC1. The maximum Gasteiger partial charge on any atom is 0.270 e. The number of carbonyl (C=O) groups is 1. The predicted octanol–water partition coefficient (Wildman–Crippen LogP) is 2.70. The van der Waals surface area contributed by atoms with E-state index in [-0.39, 0.29) is 23.1 Å². The Hall–Kier alpha value is -2.21. The van der Waals surface area contributed by atoms with Crippen LogP contribution in [0.25, 0.3) is 5.65 Å². The maximum absolute atomic E-state index is 13.0. The second kappa shape index (κ2) is 7.43. The molecule has 2 heterocycles. The first kappa shape index (κ1) is 18.2. The summed E-state index contributed by atoms with van der Waals surface area (Å²) in [6.07, 6.45) is 11.0. The van der Waals surface area contributed by atoms with Crippen molar-refractivity contribution in [1.29, 1.82) is 0 Å². The molecule has 0 atom stereocenters. The molecule has 27 heavy (non-hydrogen) atoms. The van der Waals surface area contributed by atoms with Crippen LogP contribution in [0.5, 0.6) is 0 Å². The fraction of sp³-hybridized carbons (Fsp3) is 0.571. The summed E-state index contributed by atoms with van der Waals surface area (Å²) >= 11 is 0. The average Bonchev–Trinajstić information content (AvgIpc) is 3.08. The highest BCUT2D eigenvalue weighted by atomic mass is 16.2. The van der Waals surface area contributed by atoms with Crippen molar-refractivity contribution in [2.75, 3.05) is 14.1 Å². The first-order valence-corrected chi connectivity index (χ1v) is 10.0. The summed E-state index contributed by atoms with van der Waals surface area (Å²) < 4.78 is 1.57. The van der Waals surface area contributed by atoms with Crippen molar-refractivity contribution in [3.05, 3.63) is 45.5 Å². The van der Waals surface area contributed by atoms with E-state index < -0.39 is 0 Å². The van der Waals surface area contributed by atoms with Crippen LogP contribution in [-0.4, -0.2) is 40.3 Å². The van der Waals surface area contributed by atoms with Crippen LogP contribution in [0.4, 0.5) is 0 Å². The first-order valence-electron chi connectivity index (χ1n) is 10.0. The van der Waals surface area contributed by atoms with Crippen LogP contribution < -0.4 is 10.9 Å². The Morgan fingerprint density at radius 3 is 2.59 bits per heavy atom. The van der Waals surface area contributed by atoms with E-state index in [2.05, 4.69) is 15.2 Å². The number of pyridine rings is 1. The fourth-order valence-corrected chi connectivity index (χ4v) is 4.31. The highest BCUT2D eigenvalue weighted by Crippen LogP contribution is 2.39. The predicted molar refractivity (Wildman–Crippen MR) is 105 cm³/mol. The van der Waals surface area contributed by atoms with Gasteiger partial charge in [0.15, 0.2) is 0 Å². The van der Waals surface area contributed by atoms with Crippen LogP contribution in [0.15, 0.2) is 23.3 Å². The Kier molecular flexibility index (Phi) is 5.00. The van der Waals surface area contributed by atoms with Gasteiger partial charge < -0.3 is 10.2 Å². The van der Waals surface area contributed by atoms with E-state index >= 15 is 0 Å². The summed E-state index contributed by atoms with van der Waals surface area (Å²) in [5.41, 5.74) is 2.98. The molecule has 6 nitrogen and oxygen atoms in total. The van der Waals surface area contributed by atoms with Crippen molar-refractivity contribution in [3.8, 4) is 0 Å². The normalized spacial score (nSPS) is 18.2. The lowest BCUT2D eigenvalue weighted by atomic mass is 9.78. The highest BCUT2D eigenvalue weighted by Gasteiger charge is 2.27. The number of aromatic nitrogens is 2. The molecule has 0 saturated heterocycles. The molecular weight excluding hydrogens is 340 g/mol. The smallest absolute Gasteiger partial charge is 0.270 e. The van der Waals surface area contributed by atoms with Crippen molar-refractivity contribution < 1.29 is 4.79 Å². The molecule has 2 fully saturated rings. The third-order valence-corrected chi connectivity index (χ3v) is 5.94. The van der Waals surface area contributed by atoms with Crippen LogP contribution in [0.2, 0.25) is 0 Å². The Bertz CT molecular complexity index is 908. The van der Waals surface area contributed by atoms with Crippen LogP contribution in [-0.2, 0) is 6.54 Å². The van der Waals surface area contributed by atoms with Crippen molar-refractivity contribution in [3.63, 3.8) is 0 Å². The van der Waals surface area contributed by atoms with E-state index in [1.807, 2.05) is 20.2 Å². The molecule has 2 aromatic rings. The monoisotopic (exact) mass is 368 g/mol. The van der Waals surface area contributed by atoms with Gasteiger partial charge in [-0.3, -0.25) is 14.0 Å². The summed E-state index contributed by atoms with van der Waals surface area (Å²) in [4.78, 5) is 32.3. The fourth-order valence-electron chi connectivity index (χ4n) is 4.31. The van der Waals surface area contributed by atoms with E-state index in [0.717, 1.165) is 45.1 Å². The van der Waals surface area contributed by atoms with E-state index in [4.69, 9.17) is 0 Å². The lowest BCUT2D eigenvalue weighted by molar-refractivity contribution is 0.0936. The van der Waals surface area contributed by atoms with Gasteiger partial charge in [0.05, 0.1) is 0 Å². The number of nitrogens with one attached hydrogen (secondary N) is 1. The zero-order valence-electron chi connectivity index (χ0n) is 16.2. The van der Waals surface area contributed by atoms with Gasteiger partial charge in [-0.25, -0.2) is 4.98 Å². The lowest BCUT2D eigenvalue weighted by Gasteiger charge is -2.29. The zero-order valence-corrected chi connectivity index (χ0v) is 16.2. The van der Waals surface area contributed by atoms with Gasteiger partial charge in [0.2, 0.25) is 0 Å². The second-order valence-electron chi connectivity index (χ2n) is 8.25. The lowest BCUT2D eigenvalue weighted by Crippen LogP contribution is -2.37. The van der Waals surface area contributed by atoms with E-state index in [0.29, 0.717) is 11.6 Å². The number of rotatable bonds is 5. The standard InChI is InChI=1S/C21H28N4O2/c1-24(2)13-15-10-11-25-19(18(15)14-6-5-7-14)22-12-17(21(25)27)20(26)23-16-8-3-4-9-16/h10-12,14,16H,3-9,13H2,1-2H3,(H,23,26). The second-order valence-corrected chi connectivity index (χ2v) is 8.25. The minimum absolute atomic E-state index is 0.138. The molecule has 6 heteroatoms. The Morgan fingerprint density at radius 1 is 1.22 bits per heavy atom. The molecule has 0 aliphatic heterocycles. The average molecular weight is 368 g/mol. The highest BCUT2D eigenvalue weighted by molar-refractivity contribution is 5.94. The van der Waals surface area contributed by atoms with Gasteiger partial charge >= 0.3 is 0 Å². The third-order valence-electron chi connectivity index (χ3n) is 5.94. The van der Waals surface area contributed by atoms with Gasteiger partial charge in [0.1, 0.15) is 11.2 Å². The van der Waals surface area contributed by atoms with Gasteiger partial charge in [0, 0.05) is 30.5 Å². The van der Waals surface area contributed by atoms with Gasteiger partial charge in [-0.15, -0.1) is 0 Å². The molecular formula is C21H28N4O2. The zero-order chi connectivity index (χ0) is 19.0. The molecule has 2 aromatic heterocycles. The van der Waals surface area contributed by atoms with Crippen molar-refractivity contribution >= 4 is 11.6 Å². The van der Waals surface area contributed by atoms with Gasteiger partial charge in [-0.05, 0) is 57.3 Å². The van der Waals surface area contributed by atoms with Gasteiger partial charge in [-0.2, -0.15) is 0 Å². The summed E-state index contributed by atoms with van der Waals surface area (Å²) in [7, 11) is 4.09. The van der Waals surface area contributed by atoms with Crippen molar-refractivity contribution in [2.24, 2.45) is 0 Å². The largest absolute Gasteiger partial charge is 0.349 e. The summed E-state index contributed by atoms with van der Waals surface area (Å²) in [6.45, 7) is 0.822. The molecule has 0 unspecified atom stereocenters. The molecule has 0 radical (unpaired) electrons. The molecule has 1 amide bonds. The van der Waals surface area contributed by atoms with E-state index in [9.17, 15) is 9.59 Å². The molecule has 0 bridgehead atoms. The Morgan fingerprint density at radius 2 is 1.96 bits per heavy atom. The molecule has 4 rings (SSSR count). The van der Waals surface area contributed by atoms with Gasteiger partial charge in [-0.1, -0.05) is 19.3 Å². The number of hydrogen-bond donors (Lipinski definition) is 1. The maximum atomic E-state index is 13.0. The van der Waals surface area contributed by atoms with Crippen LogP contribution in [0.3, 0.4) is 0 Å². The molecule has 1 N–H and O–H groups in total. The molecule has 2 aliphatic carbocycles. The first-order chi connectivity index (χ1) is 13.0. The van der Waals surface area contributed by atoms with Crippen molar-refractivity contribution in [1.82, 2.24) is 19.6 Å². The molecule has 2 aliphatic rings. The summed E-state index contributed by atoms with van der Waals surface area (Å²) in [5, 5.41) is 3.00. The van der Waals surface area contributed by atoms with E-state index in [1.165, 1.54) is 23.7 Å². The number of amides is 1. The number of carbonyl (C=O) groups excluding carboxylic acids is 1. The quantitative estimate of drug-likeness (QED) is 0.881. The minimum Gasteiger partial charge on any atom is -0.349 e. The van der Waals surface area contributed by atoms with Crippen LogP contribution in [0.1, 0.15) is 72.3 Å². The molecule has 0 spiro atoms. The molecule has 0 aromatic carbocycles. The number of fused-ring (bicyclic) bond motifs is 1. The topological polar surface area (TPSA) is 66.7 Å². The number of hydrogen-bond acceptors (Lipinski definition) is 4. The minimum atomic E-state index is -0.295. The summed E-state index contributed by atoms with van der Waals surface area (Å²) in [5.74, 6) is 0.164. The Balaban J connectivity index is 1.74. The Labute approximate surface area is 159 Å². The van der Waals surface area contributed by atoms with Crippen LogP contribution in [0, 0.1) is 0 Å². The number of nitrogens with zero attached hydrogens (tertiary/aromatic N) is 3. The van der Waals surface area contributed by atoms with E-state index in [1.54, 1.807) is 10.6 Å².